The van der Waals surface area contributed by atoms with Crippen LogP contribution in [0.2, 0.25) is 5.02 Å². The largest absolute Gasteiger partial charge is 0.478 e. The highest BCUT2D eigenvalue weighted by Crippen LogP contribution is 2.27. The minimum Gasteiger partial charge on any atom is -0.478 e. The smallest absolute Gasteiger partial charge is 0.337 e. The normalized spacial score (nSPS) is 10.9. The minimum atomic E-state index is -0.917. The van der Waals surface area contributed by atoms with Gasteiger partial charge in [0, 0.05) is 29.0 Å². The van der Waals surface area contributed by atoms with E-state index in [1.807, 2.05) is 36.7 Å². The fourth-order valence-corrected chi connectivity index (χ4v) is 1.93. The first-order chi connectivity index (χ1) is 8.49. The van der Waals surface area contributed by atoms with Crippen molar-refractivity contribution in [2.24, 2.45) is 0 Å². The second-order valence-corrected chi connectivity index (χ2v) is 4.87. The summed E-state index contributed by atoms with van der Waals surface area (Å²) in [5.41, 5.74) is 1.88. The van der Waals surface area contributed by atoms with E-state index in [0.717, 1.165) is 5.56 Å². The molecule has 2 aromatic rings. The number of rotatable bonds is 3. The predicted octanol–water partition coefficient (Wildman–Crippen LogP) is 4.09. The number of hydrogen-bond donors (Lipinski definition) is 1. The first-order valence-electron chi connectivity index (χ1n) is 5.69. The zero-order chi connectivity index (χ0) is 13.3. The summed E-state index contributed by atoms with van der Waals surface area (Å²) in [6.45, 7) is 4.02. The fourth-order valence-electron chi connectivity index (χ4n) is 1.80. The van der Waals surface area contributed by atoms with E-state index in [2.05, 4.69) is 0 Å². The molecule has 1 heterocycles. The van der Waals surface area contributed by atoms with E-state index in [9.17, 15) is 9.90 Å². The van der Waals surface area contributed by atoms with E-state index in [1.165, 1.54) is 0 Å². The number of halogens is 1. The van der Waals surface area contributed by atoms with E-state index in [-0.39, 0.29) is 6.04 Å². The van der Waals surface area contributed by atoms with E-state index in [4.69, 9.17) is 11.6 Å². The zero-order valence-electron chi connectivity index (χ0n) is 10.2. The van der Waals surface area contributed by atoms with E-state index >= 15 is 0 Å². The standard InChI is InChI=1S/C14H14ClNO2/c1-9(2)16-7-12(13(8-16)14(17)18)10-3-5-11(15)6-4-10/h3-9H,1-2H3,(H,17,18). The second kappa shape index (κ2) is 4.86. The third-order valence-corrected chi connectivity index (χ3v) is 3.08. The Hall–Kier alpha value is -1.74. The Bertz CT molecular complexity index is 570. The highest BCUT2D eigenvalue weighted by atomic mass is 35.5. The van der Waals surface area contributed by atoms with Crippen molar-refractivity contribution in [2.75, 3.05) is 0 Å². The van der Waals surface area contributed by atoms with Crippen LogP contribution in [0.4, 0.5) is 0 Å². The van der Waals surface area contributed by atoms with Crippen LogP contribution in [0.3, 0.4) is 0 Å². The summed E-state index contributed by atoms with van der Waals surface area (Å²) in [5, 5.41) is 9.88. The van der Waals surface area contributed by atoms with Crippen molar-refractivity contribution in [1.29, 1.82) is 0 Å². The van der Waals surface area contributed by atoms with Crippen LogP contribution in [0.15, 0.2) is 36.7 Å². The Kier molecular flexibility index (Phi) is 3.43. The van der Waals surface area contributed by atoms with E-state index < -0.39 is 5.97 Å². The van der Waals surface area contributed by atoms with Crippen molar-refractivity contribution in [3.8, 4) is 11.1 Å². The molecule has 18 heavy (non-hydrogen) atoms. The molecule has 4 heteroatoms. The number of nitrogens with zero attached hydrogens (tertiary/aromatic N) is 1. The van der Waals surface area contributed by atoms with Crippen molar-refractivity contribution in [3.63, 3.8) is 0 Å². The van der Waals surface area contributed by atoms with Gasteiger partial charge < -0.3 is 9.67 Å². The van der Waals surface area contributed by atoms with Crippen LogP contribution < -0.4 is 0 Å². The van der Waals surface area contributed by atoms with Gasteiger partial charge in [0.15, 0.2) is 0 Å². The second-order valence-electron chi connectivity index (χ2n) is 4.44. The Morgan fingerprint density at radius 2 is 1.83 bits per heavy atom. The molecule has 1 aromatic carbocycles. The van der Waals surface area contributed by atoms with Crippen molar-refractivity contribution < 1.29 is 9.90 Å². The number of carboxylic acid groups (broad SMARTS) is 1. The molecule has 0 unspecified atom stereocenters. The molecule has 0 saturated heterocycles. The van der Waals surface area contributed by atoms with Crippen LogP contribution in [0, 0.1) is 0 Å². The molecule has 0 radical (unpaired) electrons. The molecule has 0 aliphatic heterocycles. The van der Waals surface area contributed by atoms with Crippen LogP contribution in [-0.2, 0) is 0 Å². The molecule has 0 fully saturated rings. The highest BCUT2D eigenvalue weighted by Gasteiger charge is 2.15. The number of hydrogen-bond acceptors (Lipinski definition) is 1. The van der Waals surface area contributed by atoms with Gasteiger partial charge in [-0.05, 0) is 31.5 Å². The maximum Gasteiger partial charge on any atom is 0.337 e. The van der Waals surface area contributed by atoms with Gasteiger partial charge in [-0.2, -0.15) is 0 Å². The number of benzene rings is 1. The molecule has 2 rings (SSSR count). The maximum atomic E-state index is 11.3. The van der Waals surface area contributed by atoms with Gasteiger partial charge in [0.2, 0.25) is 0 Å². The average molecular weight is 264 g/mol. The first kappa shape index (κ1) is 12.7. The molecule has 0 aliphatic carbocycles. The first-order valence-corrected chi connectivity index (χ1v) is 6.07. The average Bonchev–Trinajstić information content (AvgIpc) is 2.75. The molecule has 0 atom stereocenters. The predicted molar refractivity (Wildman–Crippen MR) is 72.2 cm³/mol. The summed E-state index contributed by atoms with van der Waals surface area (Å²) in [4.78, 5) is 11.3. The monoisotopic (exact) mass is 263 g/mol. The van der Waals surface area contributed by atoms with Gasteiger partial charge >= 0.3 is 5.97 Å². The molecular weight excluding hydrogens is 250 g/mol. The lowest BCUT2D eigenvalue weighted by Crippen LogP contribution is -1.98. The SMILES string of the molecule is CC(C)n1cc(C(=O)O)c(-c2ccc(Cl)cc2)c1. The summed E-state index contributed by atoms with van der Waals surface area (Å²) >= 11 is 5.84. The Labute approximate surface area is 111 Å². The molecule has 1 aromatic heterocycles. The third kappa shape index (κ3) is 2.41. The lowest BCUT2D eigenvalue weighted by atomic mass is 10.1. The van der Waals surface area contributed by atoms with Gasteiger partial charge in [0.25, 0.3) is 0 Å². The quantitative estimate of drug-likeness (QED) is 0.906. The number of aromatic carboxylic acids is 1. The lowest BCUT2D eigenvalue weighted by molar-refractivity contribution is 0.0697. The third-order valence-electron chi connectivity index (χ3n) is 2.83. The summed E-state index contributed by atoms with van der Waals surface area (Å²) in [7, 11) is 0. The lowest BCUT2D eigenvalue weighted by Gasteiger charge is -2.05. The van der Waals surface area contributed by atoms with Crippen molar-refractivity contribution in [1.82, 2.24) is 4.57 Å². The molecule has 3 nitrogen and oxygen atoms in total. The molecule has 0 saturated carbocycles. The Morgan fingerprint density at radius 3 is 2.33 bits per heavy atom. The Morgan fingerprint density at radius 1 is 1.22 bits per heavy atom. The molecule has 1 N–H and O–H groups in total. The number of aromatic nitrogens is 1. The van der Waals surface area contributed by atoms with Crippen LogP contribution in [-0.4, -0.2) is 15.6 Å². The molecule has 0 amide bonds. The summed E-state index contributed by atoms with van der Waals surface area (Å²) in [6, 6.07) is 7.40. The fraction of sp³-hybridized carbons (Fsp3) is 0.214. The van der Waals surface area contributed by atoms with Crippen molar-refractivity contribution in [3.05, 3.63) is 47.2 Å². The maximum absolute atomic E-state index is 11.3. The van der Waals surface area contributed by atoms with Gasteiger partial charge in [-0.1, -0.05) is 23.7 Å². The van der Waals surface area contributed by atoms with Gasteiger partial charge in [0.05, 0.1) is 5.56 Å². The van der Waals surface area contributed by atoms with Crippen molar-refractivity contribution >= 4 is 17.6 Å². The topological polar surface area (TPSA) is 42.2 Å². The van der Waals surface area contributed by atoms with Gasteiger partial charge in [-0.25, -0.2) is 4.79 Å². The molecule has 0 aliphatic rings. The summed E-state index contributed by atoms with van der Waals surface area (Å²) in [6.07, 6.45) is 3.52. The molecular formula is C14H14ClNO2. The van der Waals surface area contributed by atoms with Crippen LogP contribution in [0.25, 0.3) is 11.1 Å². The van der Waals surface area contributed by atoms with Gasteiger partial charge in [-0.15, -0.1) is 0 Å². The molecule has 94 valence electrons. The van der Waals surface area contributed by atoms with Crippen LogP contribution in [0.1, 0.15) is 30.2 Å². The Balaban J connectivity index is 2.55. The molecule has 0 bridgehead atoms. The van der Waals surface area contributed by atoms with Gasteiger partial charge in [-0.3, -0.25) is 0 Å². The summed E-state index contributed by atoms with van der Waals surface area (Å²) < 4.78 is 1.90. The zero-order valence-corrected chi connectivity index (χ0v) is 11.0. The van der Waals surface area contributed by atoms with E-state index in [0.29, 0.717) is 16.1 Å². The summed E-state index contributed by atoms with van der Waals surface area (Å²) in [5.74, 6) is -0.917. The minimum absolute atomic E-state index is 0.226. The van der Waals surface area contributed by atoms with Crippen molar-refractivity contribution in [2.45, 2.75) is 19.9 Å². The number of carboxylic acids is 1. The van der Waals surface area contributed by atoms with Crippen LogP contribution in [0.5, 0.6) is 0 Å². The number of carbonyl (C=O) groups is 1. The van der Waals surface area contributed by atoms with E-state index in [1.54, 1.807) is 18.3 Å². The molecule has 0 spiro atoms. The van der Waals surface area contributed by atoms with Gasteiger partial charge in [0.1, 0.15) is 0 Å². The van der Waals surface area contributed by atoms with Crippen LogP contribution >= 0.6 is 11.6 Å². The highest BCUT2D eigenvalue weighted by molar-refractivity contribution is 6.30.